The Kier molecular flexibility index (Phi) is 9.17. The molecular formula is C21H21ClF4N2O6S. The number of ether oxygens (including phenoxy) is 2. The molecule has 192 valence electrons. The van der Waals surface area contributed by atoms with Crippen LogP contribution in [0.5, 0.6) is 0 Å². The van der Waals surface area contributed by atoms with Crippen molar-refractivity contribution in [3.05, 3.63) is 55.1 Å². The van der Waals surface area contributed by atoms with Crippen molar-refractivity contribution < 1.29 is 36.6 Å². The molecule has 0 aliphatic rings. The van der Waals surface area contributed by atoms with E-state index in [0.29, 0.717) is 4.57 Å². The Morgan fingerprint density at radius 1 is 1.23 bits per heavy atom. The molecule has 35 heavy (non-hydrogen) atoms. The van der Waals surface area contributed by atoms with Crippen LogP contribution in [0, 0.1) is 5.82 Å². The zero-order chi connectivity index (χ0) is 26.7. The fourth-order valence-electron chi connectivity index (χ4n) is 3.14. The molecule has 0 N–H and O–H groups in total. The zero-order valence-electron chi connectivity index (χ0n) is 19.0. The minimum Gasteiger partial charge on any atom is -0.469 e. The van der Waals surface area contributed by atoms with Gasteiger partial charge in [0.2, 0.25) is 0 Å². The smallest absolute Gasteiger partial charge is 0.432 e. The second-order valence-electron chi connectivity index (χ2n) is 7.15. The van der Waals surface area contributed by atoms with Crippen molar-refractivity contribution >= 4 is 35.3 Å². The molecule has 0 bridgehead atoms. The van der Waals surface area contributed by atoms with Crippen LogP contribution >= 0.6 is 23.4 Å². The summed E-state index contributed by atoms with van der Waals surface area (Å²) in [5.74, 6) is -2.45. The number of halogens is 5. The lowest BCUT2D eigenvalue weighted by atomic mass is 10.1. The highest BCUT2D eigenvalue weighted by molar-refractivity contribution is 8.00. The van der Waals surface area contributed by atoms with E-state index in [9.17, 15) is 36.7 Å². The summed E-state index contributed by atoms with van der Waals surface area (Å²) in [6.45, 7) is 2.49. The van der Waals surface area contributed by atoms with Crippen molar-refractivity contribution in [2.45, 2.75) is 43.0 Å². The van der Waals surface area contributed by atoms with Crippen LogP contribution in [-0.2, 0) is 38.7 Å². The summed E-state index contributed by atoms with van der Waals surface area (Å²) in [5.41, 5.74) is -5.50. The Hall–Kier alpha value is -2.80. The van der Waals surface area contributed by atoms with Crippen molar-refractivity contribution in [2.75, 3.05) is 13.7 Å². The van der Waals surface area contributed by atoms with Crippen LogP contribution < -0.4 is 11.2 Å². The standard InChI is InChI=1S/C21H21ClF4N2O6S/c1-5-11-17(21(24,25)26)27(3)20(32)28(18(11)30)14-9-15(12(22)8-13(14)23)35-10(2)19(31)34-7-6-16(29)33-4/h8-10H,5-7H2,1-4H3. The predicted octanol–water partition coefficient (Wildman–Crippen LogP) is 3.50. The van der Waals surface area contributed by atoms with Crippen molar-refractivity contribution in [3.8, 4) is 5.69 Å². The second kappa shape index (κ2) is 11.3. The van der Waals surface area contributed by atoms with Crippen LogP contribution in [0.3, 0.4) is 0 Å². The number of hydrogen-bond donors (Lipinski definition) is 0. The van der Waals surface area contributed by atoms with E-state index in [1.807, 2.05) is 0 Å². The summed E-state index contributed by atoms with van der Waals surface area (Å²) in [6, 6.07) is 1.78. The molecule has 0 saturated carbocycles. The van der Waals surface area contributed by atoms with Crippen molar-refractivity contribution in [1.82, 2.24) is 9.13 Å². The van der Waals surface area contributed by atoms with E-state index in [1.165, 1.54) is 21.0 Å². The molecule has 0 fully saturated rings. The molecule has 2 rings (SSSR count). The maximum Gasteiger partial charge on any atom is 0.432 e. The number of alkyl halides is 3. The number of hydrogen-bond acceptors (Lipinski definition) is 7. The quantitative estimate of drug-likeness (QED) is 0.287. The normalized spacial score (nSPS) is 12.4. The largest absolute Gasteiger partial charge is 0.469 e. The number of nitrogens with zero attached hydrogens (tertiary/aromatic N) is 2. The molecule has 1 aromatic heterocycles. The lowest BCUT2D eigenvalue weighted by Crippen LogP contribution is -2.44. The van der Waals surface area contributed by atoms with Gasteiger partial charge < -0.3 is 9.47 Å². The van der Waals surface area contributed by atoms with E-state index < -0.39 is 57.4 Å². The lowest BCUT2D eigenvalue weighted by Gasteiger charge is -2.19. The van der Waals surface area contributed by atoms with Gasteiger partial charge in [0.05, 0.1) is 24.2 Å². The first kappa shape index (κ1) is 28.4. The number of esters is 2. The Morgan fingerprint density at radius 3 is 2.40 bits per heavy atom. The molecule has 1 heterocycles. The van der Waals surface area contributed by atoms with Gasteiger partial charge in [-0.3, -0.25) is 19.0 Å². The average molecular weight is 541 g/mol. The third kappa shape index (κ3) is 6.26. The van der Waals surface area contributed by atoms with Gasteiger partial charge in [0.15, 0.2) is 0 Å². The third-order valence-electron chi connectivity index (χ3n) is 4.84. The maximum absolute atomic E-state index is 14.8. The summed E-state index contributed by atoms with van der Waals surface area (Å²) in [6.07, 6.45) is -5.52. The molecule has 1 atom stereocenters. The van der Waals surface area contributed by atoms with E-state index in [2.05, 4.69) is 4.74 Å². The van der Waals surface area contributed by atoms with Gasteiger partial charge in [-0.25, -0.2) is 13.8 Å². The number of carbonyl (C=O) groups excluding carboxylic acids is 2. The van der Waals surface area contributed by atoms with Crippen molar-refractivity contribution in [1.29, 1.82) is 0 Å². The minimum absolute atomic E-state index is 0.0624. The third-order valence-corrected chi connectivity index (χ3v) is 6.40. The second-order valence-corrected chi connectivity index (χ2v) is 8.94. The van der Waals surface area contributed by atoms with Crippen LogP contribution in [0.4, 0.5) is 17.6 Å². The summed E-state index contributed by atoms with van der Waals surface area (Å²) >= 11 is 6.86. The lowest BCUT2D eigenvalue weighted by molar-refractivity contribution is -0.147. The molecule has 1 unspecified atom stereocenters. The van der Waals surface area contributed by atoms with Gasteiger partial charge in [-0.05, 0) is 25.5 Å². The molecule has 2 aromatic rings. The van der Waals surface area contributed by atoms with Gasteiger partial charge in [0.1, 0.15) is 23.4 Å². The van der Waals surface area contributed by atoms with Gasteiger partial charge in [0, 0.05) is 17.5 Å². The average Bonchev–Trinajstić information content (AvgIpc) is 2.77. The first-order chi connectivity index (χ1) is 16.2. The number of methoxy groups -OCH3 is 1. The zero-order valence-corrected chi connectivity index (χ0v) is 20.6. The summed E-state index contributed by atoms with van der Waals surface area (Å²) in [7, 11) is 2.01. The van der Waals surface area contributed by atoms with Crippen molar-refractivity contribution in [2.24, 2.45) is 7.05 Å². The molecule has 0 aliphatic carbocycles. The summed E-state index contributed by atoms with van der Waals surface area (Å²) in [4.78, 5) is 48.9. The highest BCUT2D eigenvalue weighted by Gasteiger charge is 2.38. The Balaban J connectivity index is 2.51. The van der Waals surface area contributed by atoms with E-state index in [0.717, 1.165) is 30.9 Å². The van der Waals surface area contributed by atoms with Gasteiger partial charge in [0.25, 0.3) is 5.56 Å². The Bertz CT molecular complexity index is 1260. The van der Waals surface area contributed by atoms with Gasteiger partial charge >= 0.3 is 23.8 Å². The number of aromatic nitrogens is 2. The Morgan fingerprint density at radius 2 is 1.86 bits per heavy atom. The topological polar surface area (TPSA) is 96.6 Å². The first-order valence-corrected chi connectivity index (χ1v) is 11.3. The van der Waals surface area contributed by atoms with Crippen LogP contribution in [0.15, 0.2) is 26.6 Å². The highest BCUT2D eigenvalue weighted by atomic mass is 35.5. The highest BCUT2D eigenvalue weighted by Crippen LogP contribution is 2.34. The molecule has 0 radical (unpaired) electrons. The molecule has 8 nitrogen and oxygen atoms in total. The van der Waals surface area contributed by atoms with Crippen LogP contribution in [0.1, 0.15) is 31.5 Å². The van der Waals surface area contributed by atoms with Gasteiger partial charge in [-0.1, -0.05) is 18.5 Å². The number of rotatable bonds is 8. The SMILES string of the molecule is CCc1c(C(F)(F)F)n(C)c(=O)n(-c2cc(SC(C)C(=O)OCCC(=O)OC)c(Cl)cc2F)c1=O. The van der Waals surface area contributed by atoms with E-state index >= 15 is 0 Å². The van der Waals surface area contributed by atoms with Crippen LogP contribution in [0.25, 0.3) is 5.69 Å². The number of carbonyl (C=O) groups is 2. The maximum atomic E-state index is 14.8. The minimum atomic E-state index is -4.99. The van der Waals surface area contributed by atoms with Crippen molar-refractivity contribution in [3.63, 3.8) is 0 Å². The molecule has 14 heteroatoms. The van der Waals surface area contributed by atoms with E-state index in [4.69, 9.17) is 16.3 Å². The Labute approximate surface area is 205 Å². The molecular weight excluding hydrogens is 520 g/mol. The fraction of sp³-hybridized carbons (Fsp3) is 0.429. The summed E-state index contributed by atoms with van der Waals surface area (Å²) in [5, 5.41) is -1.08. The molecule has 1 aromatic carbocycles. The van der Waals surface area contributed by atoms with E-state index in [1.54, 1.807) is 0 Å². The summed E-state index contributed by atoms with van der Waals surface area (Å²) < 4.78 is 65.2. The number of benzene rings is 1. The predicted molar refractivity (Wildman–Crippen MR) is 120 cm³/mol. The molecule has 0 amide bonds. The monoisotopic (exact) mass is 540 g/mol. The number of thioether (sulfide) groups is 1. The molecule has 0 aliphatic heterocycles. The molecule has 0 spiro atoms. The fourth-order valence-corrected chi connectivity index (χ4v) is 4.32. The van der Waals surface area contributed by atoms with Crippen LogP contribution in [-0.4, -0.2) is 40.0 Å². The van der Waals surface area contributed by atoms with Gasteiger partial charge in [-0.15, -0.1) is 11.8 Å². The van der Waals surface area contributed by atoms with E-state index in [-0.39, 0.29) is 33.9 Å². The molecule has 0 saturated heterocycles. The van der Waals surface area contributed by atoms with Gasteiger partial charge in [-0.2, -0.15) is 13.2 Å². The first-order valence-electron chi connectivity index (χ1n) is 10.1. The van der Waals surface area contributed by atoms with Crippen LogP contribution in [0.2, 0.25) is 5.02 Å².